The average Bonchev–Trinajstić information content (AvgIpc) is 3.21. The molecule has 1 heterocycles. The minimum atomic E-state index is -1.34. The lowest BCUT2D eigenvalue weighted by molar-refractivity contribution is 0.0954. The molecule has 0 radical (unpaired) electrons. The fourth-order valence-corrected chi connectivity index (χ4v) is 3.79. The Bertz CT molecular complexity index is 1350. The average molecular weight is 471 g/mol. The molecule has 9 heteroatoms. The van der Waals surface area contributed by atoms with Crippen LogP contribution in [0, 0.1) is 11.6 Å². The Morgan fingerprint density at radius 1 is 1.06 bits per heavy atom. The van der Waals surface area contributed by atoms with E-state index >= 15 is 0 Å². The molecule has 0 amide bonds. The van der Waals surface area contributed by atoms with Crippen molar-refractivity contribution in [1.82, 2.24) is 9.97 Å². The highest BCUT2D eigenvalue weighted by molar-refractivity contribution is 6.41. The topological polar surface area (TPSA) is 106 Å². The molecule has 1 aromatic heterocycles. The standard InChI is InChI=1S/C24H17ClF2N2O4/c25-21-15(19(31)11-30)4-3-5-16(21)23(33)20(22(32)12-8-13(26)10-14(27)9-12)24-28-17-6-1-2-7-18(17)29-24/h1-10,19,30-32H,11H2,(H,28,29)/b22-20+/t19-/m0/s1. The van der Waals surface area contributed by atoms with Crippen LogP contribution < -0.4 is 0 Å². The number of nitrogens with one attached hydrogen (secondary N) is 1. The number of imidazole rings is 1. The third kappa shape index (κ3) is 4.36. The number of H-pyrrole nitrogens is 1. The number of rotatable bonds is 6. The molecule has 0 aliphatic rings. The zero-order valence-electron chi connectivity index (χ0n) is 16.9. The third-order valence-corrected chi connectivity index (χ3v) is 5.45. The molecular formula is C24H17ClF2N2O4. The van der Waals surface area contributed by atoms with Crippen molar-refractivity contribution in [2.24, 2.45) is 0 Å². The number of aliphatic hydroxyl groups is 3. The molecule has 168 valence electrons. The number of aromatic nitrogens is 2. The van der Waals surface area contributed by atoms with Crippen molar-refractivity contribution < 1.29 is 28.9 Å². The number of benzene rings is 3. The smallest absolute Gasteiger partial charge is 0.202 e. The number of halogens is 3. The number of nitrogens with zero attached hydrogens (tertiary/aromatic N) is 1. The number of aromatic amines is 1. The number of Topliss-reactive ketones (excluding diaryl/α,β-unsaturated/α-hetero) is 1. The van der Waals surface area contributed by atoms with E-state index < -0.39 is 35.9 Å². The van der Waals surface area contributed by atoms with Gasteiger partial charge in [-0.3, -0.25) is 4.79 Å². The highest BCUT2D eigenvalue weighted by atomic mass is 35.5. The second-order valence-corrected chi connectivity index (χ2v) is 7.60. The summed E-state index contributed by atoms with van der Waals surface area (Å²) in [5.41, 5.74) is 0.386. The van der Waals surface area contributed by atoms with Gasteiger partial charge in [0.15, 0.2) is 0 Å². The molecule has 0 fully saturated rings. The van der Waals surface area contributed by atoms with Crippen molar-refractivity contribution in [3.05, 3.63) is 99.8 Å². The van der Waals surface area contributed by atoms with Crippen LogP contribution in [0.2, 0.25) is 5.02 Å². The Morgan fingerprint density at radius 2 is 1.76 bits per heavy atom. The van der Waals surface area contributed by atoms with Gasteiger partial charge in [-0.25, -0.2) is 13.8 Å². The highest BCUT2D eigenvalue weighted by Gasteiger charge is 2.27. The number of carbonyl (C=O) groups excluding carboxylic acids is 1. The zero-order valence-corrected chi connectivity index (χ0v) is 17.6. The van der Waals surface area contributed by atoms with Crippen molar-refractivity contribution >= 4 is 39.7 Å². The van der Waals surface area contributed by atoms with Gasteiger partial charge in [-0.1, -0.05) is 35.9 Å². The lowest BCUT2D eigenvalue weighted by Crippen LogP contribution is -2.11. The quantitative estimate of drug-likeness (QED) is 0.183. The number of para-hydroxylation sites is 2. The van der Waals surface area contributed by atoms with E-state index in [0.717, 1.165) is 12.1 Å². The molecular weight excluding hydrogens is 454 g/mol. The Morgan fingerprint density at radius 3 is 2.42 bits per heavy atom. The fourth-order valence-electron chi connectivity index (χ4n) is 3.45. The van der Waals surface area contributed by atoms with Crippen molar-refractivity contribution in [2.45, 2.75) is 6.10 Å². The van der Waals surface area contributed by atoms with E-state index in [1.807, 2.05) is 0 Å². The van der Waals surface area contributed by atoms with Gasteiger partial charge in [-0.05, 0) is 30.3 Å². The van der Waals surface area contributed by atoms with Crippen LogP contribution in [0.1, 0.15) is 33.4 Å². The molecule has 0 bridgehead atoms. The second kappa shape index (κ2) is 9.11. The maximum atomic E-state index is 13.8. The van der Waals surface area contributed by atoms with Crippen molar-refractivity contribution in [2.75, 3.05) is 6.61 Å². The summed E-state index contributed by atoms with van der Waals surface area (Å²) in [6.45, 7) is -0.628. The minimum absolute atomic E-state index is 0.0486. The van der Waals surface area contributed by atoms with Crippen LogP contribution >= 0.6 is 11.6 Å². The number of hydrogen-bond donors (Lipinski definition) is 4. The molecule has 0 spiro atoms. The fraction of sp³-hybridized carbons (Fsp3) is 0.0833. The third-order valence-electron chi connectivity index (χ3n) is 5.03. The maximum Gasteiger partial charge on any atom is 0.202 e. The van der Waals surface area contributed by atoms with Crippen LogP contribution in [0.5, 0.6) is 0 Å². The molecule has 3 aromatic carbocycles. The summed E-state index contributed by atoms with van der Waals surface area (Å²) in [6, 6.07) is 13.5. The first-order valence-electron chi connectivity index (χ1n) is 9.77. The van der Waals surface area contributed by atoms with Gasteiger partial charge < -0.3 is 20.3 Å². The van der Waals surface area contributed by atoms with Gasteiger partial charge in [0.2, 0.25) is 5.78 Å². The number of carbonyl (C=O) groups is 1. The number of hydrogen-bond acceptors (Lipinski definition) is 5. The Kier molecular flexibility index (Phi) is 6.24. The largest absolute Gasteiger partial charge is 0.506 e. The molecule has 0 saturated heterocycles. The van der Waals surface area contributed by atoms with Crippen molar-refractivity contribution in [3.63, 3.8) is 0 Å². The number of ketones is 1. The van der Waals surface area contributed by atoms with E-state index in [0.29, 0.717) is 17.1 Å². The van der Waals surface area contributed by atoms with Gasteiger partial charge in [0.25, 0.3) is 0 Å². The molecule has 0 unspecified atom stereocenters. The van der Waals surface area contributed by atoms with Crippen molar-refractivity contribution in [3.8, 4) is 0 Å². The predicted octanol–water partition coefficient (Wildman–Crippen LogP) is 4.83. The molecule has 0 aliphatic heterocycles. The number of fused-ring (bicyclic) bond motifs is 1. The first-order valence-corrected chi connectivity index (χ1v) is 10.1. The summed E-state index contributed by atoms with van der Waals surface area (Å²) in [7, 11) is 0. The van der Waals surface area contributed by atoms with Crippen molar-refractivity contribution in [1.29, 1.82) is 0 Å². The highest BCUT2D eigenvalue weighted by Crippen LogP contribution is 2.33. The zero-order chi connectivity index (χ0) is 23.7. The summed E-state index contributed by atoms with van der Waals surface area (Å²) >= 11 is 6.34. The van der Waals surface area contributed by atoms with E-state index in [1.165, 1.54) is 18.2 Å². The second-order valence-electron chi connectivity index (χ2n) is 7.22. The lowest BCUT2D eigenvalue weighted by atomic mass is 9.96. The summed E-state index contributed by atoms with van der Waals surface area (Å²) in [4.78, 5) is 20.9. The molecule has 1 atom stereocenters. The van der Waals surface area contributed by atoms with Crippen LogP contribution in [0.15, 0.2) is 60.7 Å². The molecule has 4 aromatic rings. The van der Waals surface area contributed by atoms with Gasteiger partial charge >= 0.3 is 0 Å². The van der Waals surface area contributed by atoms with E-state index in [9.17, 15) is 28.9 Å². The van der Waals surface area contributed by atoms with E-state index in [4.69, 9.17) is 11.6 Å². The summed E-state index contributed by atoms with van der Waals surface area (Å²) in [5.74, 6) is -3.47. The molecule has 4 rings (SSSR count). The van der Waals surface area contributed by atoms with Gasteiger partial charge in [0.1, 0.15) is 34.9 Å². The molecule has 4 N–H and O–H groups in total. The van der Waals surface area contributed by atoms with Gasteiger partial charge in [-0.2, -0.15) is 0 Å². The van der Waals surface area contributed by atoms with Gasteiger partial charge in [0.05, 0.1) is 22.7 Å². The Labute approximate surface area is 191 Å². The molecule has 6 nitrogen and oxygen atoms in total. The first-order chi connectivity index (χ1) is 15.8. The normalized spacial score (nSPS) is 13.1. The maximum absolute atomic E-state index is 13.8. The Hall–Kier alpha value is -3.59. The minimum Gasteiger partial charge on any atom is -0.506 e. The lowest BCUT2D eigenvalue weighted by Gasteiger charge is -2.14. The monoisotopic (exact) mass is 470 g/mol. The Balaban J connectivity index is 1.96. The van der Waals surface area contributed by atoms with Crippen LogP contribution in [0.4, 0.5) is 8.78 Å². The molecule has 0 saturated carbocycles. The van der Waals surface area contributed by atoms with Crippen LogP contribution in [-0.2, 0) is 0 Å². The number of aliphatic hydroxyl groups excluding tert-OH is 3. The van der Waals surface area contributed by atoms with E-state index in [2.05, 4.69) is 9.97 Å². The molecule has 33 heavy (non-hydrogen) atoms. The van der Waals surface area contributed by atoms with Crippen LogP contribution in [-0.4, -0.2) is 37.7 Å². The summed E-state index contributed by atoms with van der Waals surface area (Å²) in [6.07, 6.45) is -1.34. The first kappa shape index (κ1) is 22.6. The van der Waals surface area contributed by atoms with Gasteiger partial charge in [-0.15, -0.1) is 0 Å². The van der Waals surface area contributed by atoms with E-state index in [-0.39, 0.29) is 33.1 Å². The summed E-state index contributed by atoms with van der Waals surface area (Å²) < 4.78 is 27.7. The SMILES string of the molecule is O=C(/C(=C(\O)c1cc(F)cc(F)c1)c1nc2ccccc2[nH]1)c1cccc([C@@H](O)CO)c1Cl. The summed E-state index contributed by atoms with van der Waals surface area (Å²) in [5, 5.41) is 30.1. The number of allylic oxidation sites excluding steroid dienone is 1. The van der Waals surface area contributed by atoms with Crippen LogP contribution in [0.3, 0.4) is 0 Å². The predicted molar refractivity (Wildman–Crippen MR) is 120 cm³/mol. The van der Waals surface area contributed by atoms with E-state index in [1.54, 1.807) is 24.3 Å². The van der Waals surface area contributed by atoms with Gasteiger partial charge in [0, 0.05) is 22.8 Å². The van der Waals surface area contributed by atoms with Crippen LogP contribution in [0.25, 0.3) is 22.4 Å². The molecule has 0 aliphatic carbocycles.